The second kappa shape index (κ2) is 5.14. The second-order valence-electron chi connectivity index (χ2n) is 4.89. The van der Waals surface area contributed by atoms with Gasteiger partial charge in [-0.15, -0.1) is 0 Å². The molecule has 0 aliphatic carbocycles. The molecule has 1 aromatic carbocycles. The smallest absolute Gasteiger partial charge is 0.240 e. The number of hydrogen-bond acceptors (Lipinski definition) is 4. The van der Waals surface area contributed by atoms with Crippen molar-refractivity contribution in [2.45, 2.75) is 19.9 Å². The number of nitrogens with two attached hydrogens (primary N) is 2. The van der Waals surface area contributed by atoms with E-state index in [1.807, 2.05) is 32.0 Å². The van der Waals surface area contributed by atoms with Gasteiger partial charge in [-0.05, 0) is 18.1 Å². The van der Waals surface area contributed by atoms with Gasteiger partial charge >= 0.3 is 0 Å². The summed E-state index contributed by atoms with van der Waals surface area (Å²) in [6, 6.07) is 5.17. The number of carbonyl (C=O) groups excluding carboxylic acids is 1. The van der Waals surface area contributed by atoms with Gasteiger partial charge in [0, 0.05) is 23.2 Å². The predicted octanol–water partition coefficient (Wildman–Crippen LogP) is 1.74. The van der Waals surface area contributed by atoms with Crippen molar-refractivity contribution < 1.29 is 4.79 Å². The van der Waals surface area contributed by atoms with Crippen LogP contribution in [0.1, 0.15) is 13.8 Å². The minimum atomic E-state index is -0.443. The van der Waals surface area contributed by atoms with E-state index in [-0.39, 0.29) is 11.8 Å². The molecule has 0 aliphatic rings. The van der Waals surface area contributed by atoms with E-state index >= 15 is 0 Å². The van der Waals surface area contributed by atoms with Crippen molar-refractivity contribution in [3.63, 3.8) is 0 Å². The molecule has 0 saturated heterocycles. The van der Waals surface area contributed by atoms with Crippen molar-refractivity contribution >= 4 is 28.1 Å². The summed E-state index contributed by atoms with van der Waals surface area (Å²) in [4.78, 5) is 15.5. The Balaban J connectivity index is 2.40. The maximum atomic E-state index is 11.4. The fourth-order valence-electron chi connectivity index (χ4n) is 2.05. The highest BCUT2D eigenvalue weighted by molar-refractivity contribution is 5.99. The molecule has 1 heterocycles. The molecule has 1 aromatic heterocycles. The number of amides is 1. The molecule has 5 heteroatoms. The van der Waals surface area contributed by atoms with Crippen LogP contribution in [0.4, 0.5) is 11.4 Å². The third-order valence-corrected chi connectivity index (χ3v) is 3.15. The summed E-state index contributed by atoms with van der Waals surface area (Å²) in [6.45, 7) is 3.87. The van der Waals surface area contributed by atoms with E-state index in [1.165, 1.54) is 0 Å². The Kier molecular flexibility index (Phi) is 3.55. The van der Waals surface area contributed by atoms with Crippen molar-refractivity contribution in [3.05, 3.63) is 30.6 Å². The number of nitrogen functional groups attached to an aromatic ring is 1. The molecular weight excluding hydrogens is 240 g/mol. The lowest BCUT2D eigenvalue weighted by atomic mass is 10.0. The standard InChI is InChI=1S/C14H18N4O/c1-8(2)13(14(16)19)18-11-4-3-9-7-17-6-5-10(9)12(11)15/h3-8,13,18H,15H2,1-2H3,(H2,16,19). The third kappa shape index (κ3) is 2.59. The minimum Gasteiger partial charge on any atom is -0.397 e. The van der Waals surface area contributed by atoms with E-state index in [1.54, 1.807) is 12.4 Å². The van der Waals surface area contributed by atoms with Crippen LogP contribution in [0.5, 0.6) is 0 Å². The molecule has 2 rings (SSSR count). The fourth-order valence-corrected chi connectivity index (χ4v) is 2.05. The number of primary amides is 1. The Morgan fingerprint density at radius 2 is 2.05 bits per heavy atom. The Morgan fingerprint density at radius 3 is 2.68 bits per heavy atom. The van der Waals surface area contributed by atoms with Crippen LogP contribution in [0.15, 0.2) is 30.6 Å². The monoisotopic (exact) mass is 258 g/mol. The van der Waals surface area contributed by atoms with E-state index in [4.69, 9.17) is 11.5 Å². The van der Waals surface area contributed by atoms with Crippen molar-refractivity contribution in [1.82, 2.24) is 4.98 Å². The summed E-state index contributed by atoms with van der Waals surface area (Å²) in [5.74, 6) is -0.297. The number of fused-ring (bicyclic) bond motifs is 1. The molecule has 0 bridgehead atoms. The summed E-state index contributed by atoms with van der Waals surface area (Å²) in [5.41, 5.74) is 12.8. The predicted molar refractivity (Wildman–Crippen MR) is 77.6 cm³/mol. The summed E-state index contributed by atoms with van der Waals surface area (Å²) < 4.78 is 0. The lowest BCUT2D eigenvalue weighted by molar-refractivity contribution is -0.119. The van der Waals surface area contributed by atoms with Crippen LogP contribution >= 0.6 is 0 Å². The number of nitrogens with one attached hydrogen (secondary N) is 1. The lowest BCUT2D eigenvalue weighted by Gasteiger charge is -2.21. The molecule has 0 radical (unpaired) electrons. The molecular formula is C14H18N4O. The molecule has 19 heavy (non-hydrogen) atoms. The van der Waals surface area contributed by atoms with Gasteiger partial charge in [0.05, 0.1) is 11.4 Å². The average Bonchev–Trinajstić information content (AvgIpc) is 2.37. The van der Waals surface area contributed by atoms with Crippen LogP contribution in [0, 0.1) is 5.92 Å². The first-order valence-corrected chi connectivity index (χ1v) is 6.18. The van der Waals surface area contributed by atoms with E-state index in [0.717, 1.165) is 16.5 Å². The molecule has 5 nitrogen and oxygen atoms in total. The van der Waals surface area contributed by atoms with Gasteiger partial charge < -0.3 is 16.8 Å². The van der Waals surface area contributed by atoms with Crippen LogP contribution in [-0.4, -0.2) is 16.9 Å². The van der Waals surface area contributed by atoms with Gasteiger partial charge in [-0.1, -0.05) is 19.9 Å². The molecule has 0 saturated carbocycles. The van der Waals surface area contributed by atoms with Crippen molar-refractivity contribution in [2.24, 2.45) is 11.7 Å². The first-order valence-electron chi connectivity index (χ1n) is 6.18. The highest BCUT2D eigenvalue weighted by atomic mass is 16.1. The highest BCUT2D eigenvalue weighted by Crippen LogP contribution is 2.29. The average molecular weight is 258 g/mol. The van der Waals surface area contributed by atoms with E-state index < -0.39 is 6.04 Å². The van der Waals surface area contributed by atoms with Gasteiger partial charge in [-0.2, -0.15) is 0 Å². The summed E-state index contributed by atoms with van der Waals surface area (Å²) in [5, 5.41) is 4.99. The molecule has 1 atom stereocenters. The van der Waals surface area contributed by atoms with E-state index in [9.17, 15) is 4.79 Å². The van der Waals surface area contributed by atoms with Crippen LogP contribution in [0.2, 0.25) is 0 Å². The minimum absolute atomic E-state index is 0.0880. The molecule has 0 spiro atoms. The maximum absolute atomic E-state index is 11.4. The number of anilines is 2. The molecule has 100 valence electrons. The number of rotatable bonds is 4. The molecule has 1 unspecified atom stereocenters. The second-order valence-corrected chi connectivity index (χ2v) is 4.89. The molecule has 0 fully saturated rings. The fraction of sp³-hybridized carbons (Fsp3) is 0.286. The number of aromatic nitrogens is 1. The van der Waals surface area contributed by atoms with Gasteiger partial charge in [0.2, 0.25) is 5.91 Å². The number of nitrogens with zero attached hydrogens (tertiary/aromatic N) is 1. The Morgan fingerprint density at radius 1 is 1.32 bits per heavy atom. The molecule has 2 aromatic rings. The Bertz CT molecular complexity index is 609. The number of pyridine rings is 1. The van der Waals surface area contributed by atoms with Gasteiger partial charge in [0.25, 0.3) is 0 Å². The Labute approximate surface area is 112 Å². The van der Waals surface area contributed by atoms with Gasteiger partial charge in [0.1, 0.15) is 6.04 Å². The van der Waals surface area contributed by atoms with Crippen molar-refractivity contribution in [1.29, 1.82) is 0 Å². The summed E-state index contributed by atoms with van der Waals surface area (Å²) >= 11 is 0. The van der Waals surface area contributed by atoms with Crippen LogP contribution in [-0.2, 0) is 4.79 Å². The van der Waals surface area contributed by atoms with Crippen molar-refractivity contribution in [3.8, 4) is 0 Å². The molecule has 5 N–H and O–H groups in total. The van der Waals surface area contributed by atoms with Crippen LogP contribution < -0.4 is 16.8 Å². The first-order chi connectivity index (χ1) is 9.00. The highest BCUT2D eigenvalue weighted by Gasteiger charge is 2.20. The number of benzene rings is 1. The van der Waals surface area contributed by atoms with Gasteiger partial charge in [-0.25, -0.2) is 0 Å². The quantitative estimate of drug-likeness (QED) is 0.728. The normalized spacial score (nSPS) is 12.6. The van der Waals surface area contributed by atoms with Crippen LogP contribution in [0.25, 0.3) is 10.8 Å². The zero-order valence-corrected chi connectivity index (χ0v) is 11.1. The summed E-state index contributed by atoms with van der Waals surface area (Å²) in [6.07, 6.45) is 3.44. The lowest BCUT2D eigenvalue weighted by Crippen LogP contribution is -2.39. The van der Waals surface area contributed by atoms with Crippen LogP contribution in [0.3, 0.4) is 0 Å². The zero-order valence-electron chi connectivity index (χ0n) is 11.1. The largest absolute Gasteiger partial charge is 0.397 e. The SMILES string of the molecule is CC(C)C(Nc1ccc2cnccc2c1N)C(N)=O. The van der Waals surface area contributed by atoms with Gasteiger partial charge in [0.15, 0.2) is 0 Å². The van der Waals surface area contributed by atoms with E-state index in [2.05, 4.69) is 10.3 Å². The van der Waals surface area contributed by atoms with Crippen molar-refractivity contribution in [2.75, 3.05) is 11.1 Å². The first kappa shape index (κ1) is 13.1. The summed E-state index contributed by atoms with van der Waals surface area (Å²) in [7, 11) is 0. The van der Waals surface area contributed by atoms with Gasteiger partial charge in [-0.3, -0.25) is 9.78 Å². The molecule has 0 aliphatic heterocycles. The van der Waals surface area contributed by atoms with E-state index in [0.29, 0.717) is 5.69 Å². The zero-order chi connectivity index (χ0) is 14.0. The maximum Gasteiger partial charge on any atom is 0.240 e. The number of hydrogen-bond donors (Lipinski definition) is 3. The number of carbonyl (C=O) groups is 1. The Hall–Kier alpha value is -2.30. The topological polar surface area (TPSA) is 94.0 Å². The molecule has 1 amide bonds. The third-order valence-electron chi connectivity index (χ3n) is 3.15.